The van der Waals surface area contributed by atoms with E-state index < -0.39 is 23.8 Å². The van der Waals surface area contributed by atoms with Crippen molar-refractivity contribution in [1.82, 2.24) is 0 Å². The number of methoxy groups -OCH3 is 1. The Bertz CT molecular complexity index is 914. The van der Waals surface area contributed by atoms with E-state index in [1.807, 2.05) is 0 Å². The number of hydrogen-bond donors (Lipinski definition) is 2. The van der Waals surface area contributed by atoms with Crippen molar-refractivity contribution in [2.24, 2.45) is 5.73 Å². The van der Waals surface area contributed by atoms with Gasteiger partial charge in [-0.3, -0.25) is 14.9 Å². The fraction of sp³-hybridized carbons (Fsp3) is 0.222. The maximum Gasteiger partial charge on any atom is 0.342 e. The van der Waals surface area contributed by atoms with E-state index in [-0.39, 0.29) is 40.5 Å². The molecule has 2 amide bonds. The van der Waals surface area contributed by atoms with E-state index in [4.69, 9.17) is 14.9 Å². The Morgan fingerprint density at radius 2 is 1.78 bits per heavy atom. The fourth-order valence-electron chi connectivity index (χ4n) is 2.40. The van der Waals surface area contributed by atoms with Gasteiger partial charge in [-0.05, 0) is 32.0 Å². The van der Waals surface area contributed by atoms with Crippen molar-refractivity contribution < 1.29 is 33.1 Å². The first-order valence-electron chi connectivity index (χ1n) is 7.90. The highest BCUT2D eigenvalue weighted by molar-refractivity contribution is 6.13. The van der Waals surface area contributed by atoms with Gasteiger partial charge in [0.1, 0.15) is 16.9 Å². The van der Waals surface area contributed by atoms with Crippen LogP contribution in [0.15, 0.2) is 28.7 Å². The van der Waals surface area contributed by atoms with E-state index >= 15 is 0 Å². The van der Waals surface area contributed by atoms with Crippen LogP contribution in [0.4, 0.5) is 5.88 Å². The van der Waals surface area contributed by atoms with Gasteiger partial charge >= 0.3 is 11.9 Å². The van der Waals surface area contributed by atoms with E-state index in [0.29, 0.717) is 0 Å². The molecule has 27 heavy (non-hydrogen) atoms. The average Bonchev–Trinajstić information content (AvgIpc) is 2.97. The summed E-state index contributed by atoms with van der Waals surface area (Å²) in [6, 6.07) is 5.74. The van der Waals surface area contributed by atoms with Crippen LogP contribution in [0.1, 0.15) is 54.1 Å². The lowest BCUT2D eigenvalue weighted by Crippen LogP contribution is -2.20. The summed E-state index contributed by atoms with van der Waals surface area (Å²) in [6.07, 6.45) is 0. The van der Waals surface area contributed by atoms with Crippen molar-refractivity contribution in [3.63, 3.8) is 0 Å². The molecule has 0 aliphatic carbocycles. The Hall–Kier alpha value is -3.62. The van der Waals surface area contributed by atoms with Crippen molar-refractivity contribution in [3.8, 4) is 0 Å². The number of carbonyl (C=O) groups is 4. The molecule has 1 heterocycles. The summed E-state index contributed by atoms with van der Waals surface area (Å²) in [5, 5.41) is 2.38. The number of anilines is 1. The molecule has 0 aliphatic rings. The summed E-state index contributed by atoms with van der Waals surface area (Å²) in [4.78, 5) is 47.9. The van der Waals surface area contributed by atoms with Gasteiger partial charge in [0, 0.05) is 5.56 Å². The van der Waals surface area contributed by atoms with Crippen LogP contribution in [-0.2, 0) is 9.47 Å². The molecule has 0 unspecified atom stereocenters. The molecule has 0 radical (unpaired) electrons. The Morgan fingerprint density at radius 1 is 1.11 bits per heavy atom. The van der Waals surface area contributed by atoms with Crippen LogP contribution in [0.3, 0.4) is 0 Å². The molecule has 0 bridgehead atoms. The van der Waals surface area contributed by atoms with Crippen LogP contribution in [0.2, 0.25) is 0 Å². The smallest absolute Gasteiger partial charge is 0.342 e. The SMILES string of the molecule is CCOC(=O)c1c(C)oc(NC(=O)c2cccc(C(=O)OC)c2)c1C(N)=O. The molecule has 0 saturated carbocycles. The number of rotatable bonds is 6. The van der Waals surface area contributed by atoms with Crippen LogP contribution in [-0.4, -0.2) is 37.5 Å². The quantitative estimate of drug-likeness (QED) is 0.736. The highest BCUT2D eigenvalue weighted by Crippen LogP contribution is 2.28. The lowest BCUT2D eigenvalue weighted by Gasteiger charge is -2.06. The minimum atomic E-state index is -0.964. The van der Waals surface area contributed by atoms with E-state index in [2.05, 4.69) is 10.1 Å². The highest BCUT2D eigenvalue weighted by Gasteiger charge is 2.29. The third kappa shape index (κ3) is 4.14. The van der Waals surface area contributed by atoms with E-state index in [0.717, 1.165) is 0 Å². The number of aryl methyl sites for hydroxylation is 1. The van der Waals surface area contributed by atoms with Gasteiger partial charge in [-0.1, -0.05) is 6.07 Å². The van der Waals surface area contributed by atoms with Gasteiger partial charge in [0.25, 0.3) is 11.8 Å². The molecule has 2 rings (SSSR count). The van der Waals surface area contributed by atoms with Crippen LogP contribution in [0, 0.1) is 6.92 Å². The molecule has 0 atom stereocenters. The van der Waals surface area contributed by atoms with E-state index in [9.17, 15) is 19.2 Å². The molecule has 1 aromatic carbocycles. The fourth-order valence-corrected chi connectivity index (χ4v) is 2.40. The first-order chi connectivity index (χ1) is 12.8. The lowest BCUT2D eigenvalue weighted by atomic mass is 10.1. The lowest BCUT2D eigenvalue weighted by molar-refractivity contribution is 0.0520. The van der Waals surface area contributed by atoms with Crippen LogP contribution in [0.5, 0.6) is 0 Å². The normalized spacial score (nSPS) is 10.2. The molecule has 0 aliphatic heterocycles. The third-order valence-electron chi connectivity index (χ3n) is 3.58. The monoisotopic (exact) mass is 374 g/mol. The molecule has 0 saturated heterocycles. The number of furan rings is 1. The summed E-state index contributed by atoms with van der Waals surface area (Å²) in [5.41, 5.74) is 5.18. The first kappa shape index (κ1) is 19.7. The number of primary amides is 1. The molecule has 9 heteroatoms. The maximum absolute atomic E-state index is 12.5. The predicted molar refractivity (Wildman–Crippen MR) is 93.7 cm³/mol. The molecular weight excluding hydrogens is 356 g/mol. The number of benzene rings is 1. The minimum absolute atomic E-state index is 0.0702. The topological polar surface area (TPSA) is 138 Å². The van der Waals surface area contributed by atoms with Crippen molar-refractivity contribution in [3.05, 3.63) is 52.3 Å². The number of amides is 2. The number of nitrogens with one attached hydrogen (secondary N) is 1. The molecule has 9 nitrogen and oxygen atoms in total. The third-order valence-corrected chi connectivity index (χ3v) is 3.58. The number of nitrogens with two attached hydrogens (primary N) is 1. The van der Waals surface area contributed by atoms with Gasteiger partial charge in [0.15, 0.2) is 0 Å². The summed E-state index contributed by atoms with van der Waals surface area (Å²) < 4.78 is 14.8. The first-order valence-corrected chi connectivity index (χ1v) is 7.90. The van der Waals surface area contributed by atoms with Crippen molar-refractivity contribution >= 4 is 29.6 Å². The summed E-state index contributed by atoms with van der Waals surface area (Å²) >= 11 is 0. The van der Waals surface area contributed by atoms with Crippen LogP contribution < -0.4 is 11.1 Å². The summed E-state index contributed by atoms with van der Waals surface area (Å²) in [7, 11) is 1.22. The Balaban J connectivity index is 2.39. The zero-order valence-electron chi connectivity index (χ0n) is 15.0. The van der Waals surface area contributed by atoms with Gasteiger partial charge in [-0.15, -0.1) is 0 Å². The predicted octanol–water partition coefficient (Wildman–Crippen LogP) is 1.90. The Kier molecular flexibility index (Phi) is 5.96. The van der Waals surface area contributed by atoms with Gasteiger partial charge in [0.2, 0.25) is 5.88 Å². The van der Waals surface area contributed by atoms with Crippen molar-refractivity contribution in [2.45, 2.75) is 13.8 Å². The number of esters is 2. The zero-order chi connectivity index (χ0) is 20.1. The van der Waals surface area contributed by atoms with Gasteiger partial charge in [-0.25, -0.2) is 9.59 Å². The van der Waals surface area contributed by atoms with Gasteiger partial charge in [0.05, 0.1) is 19.3 Å². The largest absolute Gasteiger partial charge is 0.465 e. The standard InChI is InChI=1S/C18H18N2O7/c1-4-26-18(24)12-9(2)27-16(13(12)14(19)21)20-15(22)10-6-5-7-11(8-10)17(23)25-3/h5-8H,4H2,1-3H3,(H2,19,21)(H,20,22). The average molecular weight is 374 g/mol. The number of hydrogen-bond acceptors (Lipinski definition) is 7. The molecule has 142 valence electrons. The summed E-state index contributed by atoms with van der Waals surface area (Å²) in [5.74, 6) is -3.25. The maximum atomic E-state index is 12.5. The number of carbonyl (C=O) groups excluding carboxylic acids is 4. The minimum Gasteiger partial charge on any atom is -0.465 e. The van der Waals surface area contributed by atoms with Gasteiger partial charge in [-0.2, -0.15) is 0 Å². The Morgan fingerprint density at radius 3 is 2.37 bits per heavy atom. The molecule has 0 fully saturated rings. The highest BCUT2D eigenvalue weighted by atomic mass is 16.5. The second kappa shape index (κ2) is 8.17. The Labute approximate surface area is 154 Å². The van der Waals surface area contributed by atoms with E-state index in [1.54, 1.807) is 6.92 Å². The van der Waals surface area contributed by atoms with Crippen LogP contribution in [0.25, 0.3) is 0 Å². The second-order valence-corrected chi connectivity index (χ2v) is 5.35. The van der Waals surface area contributed by atoms with Gasteiger partial charge < -0.3 is 19.6 Å². The summed E-state index contributed by atoms with van der Waals surface area (Å²) in [6.45, 7) is 3.13. The molecular formula is C18H18N2O7. The molecule has 3 N–H and O–H groups in total. The molecule has 2 aromatic rings. The zero-order valence-corrected chi connectivity index (χ0v) is 15.0. The molecule has 0 spiro atoms. The second-order valence-electron chi connectivity index (χ2n) is 5.35. The van der Waals surface area contributed by atoms with Crippen molar-refractivity contribution in [1.29, 1.82) is 0 Å². The number of ether oxygens (including phenoxy) is 2. The van der Waals surface area contributed by atoms with Crippen LogP contribution >= 0.6 is 0 Å². The molecule has 1 aromatic heterocycles. The van der Waals surface area contributed by atoms with Crippen molar-refractivity contribution in [2.75, 3.05) is 19.0 Å². The van der Waals surface area contributed by atoms with E-state index in [1.165, 1.54) is 38.3 Å².